The van der Waals surface area contributed by atoms with E-state index in [0.717, 1.165) is 0 Å². The van der Waals surface area contributed by atoms with Gasteiger partial charge in [-0.3, -0.25) is 4.79 Å². The van der Waals surface area contributed by atoms with E-state index in [1.54, 1.807) is 0 Å². The maximum Gasteiger partial charge on any atom is 0.327 e. The molecule has 0 aromatic carbocycles. The van der Waals surface area contributed by atoms with Gasteiger partial charge < -0.3 is 16.2 Å². The quantitative estimate of drug-likeness (QED) is 0.441. The van der Waals surface area contributed by atoms with Crippen LogP contribution in [0.1, 0.15) is 7.43 Å². The molecule has 64 valence electrons. The van der Waals surface area contributed by atoms with E-state index in [4.69, 9.17) is 10.8 Å². The van der Waals surface area contributed by atoms with Gasteiger partial charge in [0.25, 0.3) is 0 Å². The Balaban J connectivity index is 0.000001000. The number of nitrogens with two attached hydrogens (primary N) is 1. The molecule has 1 aliphatic rings. The summed E-state index contributed by atoms with van der Waals surface area (Å²) in [6, 6.07) is -0.766. The van der Waals surface area contributed by atoms with Crippen LogP contribution in [0.2, 0.25) is 0 Å². The smallest absolute Gasteiger partial charge is 0.327 e. The Morgan fingerprint density at radius 1 is 1.73 bits per heavy atom. The number of hydrogen-bond acceptors (Lipinski definition) is 3. The van der Waals surface area contributed by atoms with Gasteiger partial charge in [0, 0.05) is 6.54 Å². The average Bonchev–Trinajstić information content (AvgIpc) is 1.83. The minimum atomic E-state index is -1.02. The number of β-lactam (4-membered cyclic amide) rings is 1. The molecule has 5 nitrogen and oxygen atoms in total. The minimum Gasteiger partial charge on any atom is -0.480 e. The third-order valence-electron chi connectivity index (χ3n) is 1.56. The first-order chi connectivity index (χ1) is 4.66. The largest absolute Gasteiger partial charge is 0.480 e. The molecule has 2 unspecified atom stereocenters. The van der Waals surface area contributed by atoms with Crippen LogP contribution in [-0.2, 0) is 9.59 Å². The maximum atomic E-state index is 10.5. The van der Waals surface area contributed by atoms with Crippen LogP contribution in [0.4, 0.5) is 0 Å². The number of carboxylic acids is 1. The van der Waals surface area contributed by atoms with Crippen molar-refractivity contribution in [3.8, 4) is 0 Å². The van der Waals surface area contributed by atoms with E-state index in [9.17, 15) is 9.59 Å². The van der Waals surface area contributed by atoms with Gasteiger partial charge in [0.05, 0.1) is 5.92 Å². The summed E-state index contributed by atoms with van der Waals surface area (Å²) in [5, 5.41) is 10.6. The topological polar surface area (TPSA) is 92.4 Å². The number of carboxylic acid groups (broad SMARTS) is 1. The number of hydrogen-bond donors (Lipinski definition) is 3. The monoisotopic (exact) mass is 160 g/mol. The van der Waals surface area contributed by atoms with Crippen LogP contribution in [0.15, 0.2) is 0 Å². The molecule has 0 bridgehead atoms. The molecule has 4 N–H and O–H groups in total. The first-order valence-corrected chi connectivity index (χ1v) is 2.90. The summed E-state index contributed by atoms with van der Waals surface area (Å²) in [6.07, 6.45) is 0. The second kappa shape index (κ2) is 3.34. The molecule has 1 aliphatic heterocycles. The minimum absolute atomic E-state index is 0. The lowest BCUT2D eigenvalue weighted by atomic mass is 9.91. The van der Waals surface area contributed by atoms with Crippen molar-refractivity contribution in [1.82, 2.24) is 5.32 Å². The first-order valence-electron chi connectivity index (χ1n) is 2.90. The Morgan fingerprint density at radius 2 is 2.27 bits per heavy atom. The molecule has 1 rings (SSSR count). The van der Waals surface area contributed by atoms with Crippen molar-refractivity contribution < 1.29 is 14.7 Å². The molecule has 0 spiro atoms. The second-order valence-electron chi connectivity index (χ2n) is 2.17. The lowest BCUT2D eigenvalue weighted by molar-refractivity contribution is -0.152. The van der Waals surface area contributed by atoms with E-state index in [2.05, 4.69) is 5.32 Å². The molecule has 5 heteroatoms. The highest BCUT2D eigenvalue weighted by Gasteiger charge is 2.42. The van der Waals surface area contributed by atoms with Gasteiger partial charge in [-0.25, -0.2) is 4.79 Å². The van der Waals surface area contributed by atoms with E-state index < -0.39 is 17.9 Å². The molecular weight excluding hydrogens is 148 g/mol. The number of amides is 1. The molecule has 1 saturated heterocycles. The highest BCUT2D eigenvalue weighted by atomic mass is 16.4. The van der Waals surface area contributed by atoms with E-state index in [-0.39, 0.29) is 19.9 Å². The zero-order valence-electron chi connectivity index (χ0n) is 5.20. The van der Waals surface area contributed by atoms with Crippen LogP contribution in [0.5, 0.6) is 0 Å². The van der Waals surface area contributed by atoms with Gasteiger partial charge in [-0.1, -0.05) is 7.43 Å². The SMILES string of the molecule is C.NCC1C(=O)NC1C(=O)O. The van der Waals surface area contributed by atoms with Crippen LogP contribution in [0.25, 0.3) is 0 Å². The molecule has 0 aromatic rings. The fraction of sp³-hybridized carbons (Fsp3) is 0.667. The molecule has 1 heterocycles. The summed E-state index contributed by atoms with van der Waals surface area (Å²) < 4.78 is 0. The maximum absolute atomic E-state index is 10.5. The van der Waals surface area contributed by atoms with Crippen molar-refractivity contribution >= 4 is 11.9 Å². The number of carbonyl (C=O) groups excluding carboxylic acids is 1. The van der Waals surface area contributed by atoms with E-state index in [0.29, 0.717) is 0 Å². The number of nitrogens with one attached hydrogen (secondary N) is 1. The molecule has 2 atom stereocenters. The van der Waals surface area contributed by atoms with Gasteiger partial charge in [-0.2, -0.15) is 0 Å². The van der Waals surface area contributed by atoms with Crippen molar-refractivity contribution in [2.45, 2.75) is 13.5 Å². The van der Waals surface area contributed by atoms with Gasteiger partial charge in [-0.05, 0) is 0 Å². The summed E-state index contributed by atoms with van der Waals surface area (Å²) in [6.45, 7) is 0.100. The summed E-state index contributed by atoms with van der Waals surface area (Å²) in [4.78, 5) is 20.7. The molecule has 0 radical (unpaired) electrons. The van der Waals surface area contributed by atoms with Gasteiger partial charge in [-0.15, -0.1) is 0 Å². The van der Waals surface area contributed by atoms with Gasteiger partial charge in [0.15, 0.2) is 0 Å². The van der Waals surface area contributed by atoms with Gasteiger partial charge in [0.2, 0.25) is 5.91 Å². The molecule has 1 amide bonds. The molecule has 0 aromatic heterocycles. The molecule has 1 fully saturated rings. The van der Waals surface area contributed by atoms with E-state index >= 15 is 0 Å². The molecule has 0 aliphatic carbocycles. The third-order valence-corrected chi connectivity index (χ3v) is 1.56. The van der Waals surface area contributed by atoms with Crippen LogP contribution >= 0.6 is 0 Å². The summed E-state index contributed by atoms with van der Waals surface area (Å²) in [7, 11) is 0. The third kappa shape index (κ3) is 1.48. The second-order valence-corrected chi connectivity index (χ2v) is 2.17. The molecular formula is C6H12N2O3. The van der Waals surface area contributed by atoms with Gasteiger partial charge in [0.1, 0.15) is 6.04 Å². The molecule has 0 saturated carbocycles. The highest BCUT2D eigenvalue weighted by molar-refractivity contribution is 5.96. The van der Waals surface area contributed by atoms with Crippen molar-refractivity contribution in [3.63, 3.8) is 0 Å². The predicted octanol–water partition coefficient (Wildman–Crippen LogP) is -1.22. The number of aliphatic carboxylic acids is 1. The lowest BCUT2D eigenvalue weighted by Gasteiger charge is -2.32. The average molecular weight is 160 g/mol. The fourth-order valence-electron chi connectivity index (χ4n) is 0.893. The zero-order chi connectivity index (χ0) is 7.72. The summed E-state index contributed by atoms with van der Waals surface area (Å²) in [5.41, 5.74) is 5.13. The summed E-state index contributed by atoms with van der Waals surface area (Å²) >= 11 is 0. The van der Waals surface area contributed by atoms with E-state index in [1.807, 2.05) is 0 Å². The predicted molar refractivity (Wildman–Crippen MR) is 38.8 cm³/mol. The van der Waals surface area contributed by atoms with Crippen molar-refractivity contribution in [3.05, 3.63) is 0 Å². The number of rotatable bonds is 2. The normalized spacial score (nSPS) is 27.9. The Kier molecular flexibility index (Phi) is 3.00. The summed E-state index contributed by atoms with van der Waals surface area (Å²) in [5.74, 6) is -1.82. The fourth-order valence-corrected chi connectivity index (χ4v) is 0.893. The van der Waals surface area contributed by atoms with Gasteiger partial charge >= 0.3 is 5.97 Å². The van der Waals surface area contributed by atoms with Crippen LogP contribution in [0.3, 0.4) is 0 Å². The molecule has 11 heavy (non-hydrogen) atoms. The Hall–Kier alpha value is -1.10. The first kappa shape index (κ1) is 9.90. The number of carbonyl (C=O) groups is 2. The van der Waals surface area contributed by atoms with Crippen LogP contribution < -0.4 is 11.1 Å². The van der Waals surface area contributed by atoms with Crippen molar-refractivity contribution in [1.29, 1.82) is 0 Å². The van der Waals surface area contributed by atoms with E-state index in [1.165, 1.54) is 0 Å². The van der Waals surface area contributed by atoms with Crippen molar-refractivity contribution in [2.75, 3.05) is 6.54 Å². The standard InChI is InChI=1S/C5H8N2O3.CH4/c6-1-2-3(5(9)10)7-4(2)8;/h2-3H,1,6H2,(H,7,8)(H,9,10);1H4. The Morgan fingerprint density at radius 3 is 2.45 bits per heavy atom. The van der Waals surface area contributed by atoms with Crippen LogP contribution in [-0.4, -0.2) is 29.6 Å². The van der Waals surface area contributed by atoms with Crippen LogP contribution in [0, 0.1) is 5.92 Å². The zero-order valence-corrected chi connectivity index (χ0v) is 5.20. The Bertz CT molecular complexity index is 173. The van der Waals surface area contributed by atoms with Crippen molar-refractivity contribution in [2.24, 2.45) is 11.7 Å². The lowest BCUT2D eigenvalue weighted by Crippen LogP contribution is -2.64. The highest BCUT2D eigenvalue weighted by Crippen LogP contribution is 2.12. The Labute approximate surface area is 64.6 Å².